The van der Waals surface area contributed by atoms with Crippen LogP contribution < -0.4 is 4.74 Å². The zero-order valence-electron chi connectivity index (χ0n) is 35.3. The van der Waals surface area contributed by atoms with Gasteiger partial charge in [-0.2, -0.15) is 0 Å². The molecule has 0 amide bonds. The summed E-state index contributed by atoms with van der Waals surface area (Å²) in [5, 5.41) is 2.16. The maximum absolute atomic E-state index is 6.73. The van der Waals surface area contributed by atoms with Crippen LogP contribution in [0.25, 0.3) is 94.5 Å². The fraction of sp³-hybridized carbons (Fsp3) is 0. The minimum absolute atomic E-state index is 0.571. The van der Waals surface area contributed by atoms with Gasteiger partial charge in [-0.15, -0.1) is 0 Å². The third-order valence-electron chi connectivity index (χ3n) is 12.1. The van der Waals surface area contributed by atoms with Gasteiger partial charge in [-0.3, -0.25) is 4.98 Å². The Kier molecular flexibility index (Phi) is 10.00. The van der Waals surface area contributed by atoms with Gasteiger partial charge in [0, 0.05) is 29.7 Å². The fourth-order valence-corrected chi connectivity index (χ4v) is 10.2. The molecule has 0 unspecified atom stereocenters. The van der Waals surface area contributed by atoms with Crippen molar-refractivity contribution >= 4 is 32.8 Å². The van der Waals surface area contributed by atoms with Gasteiger partial charge in [-0.1, -0.05) is 48.5 Å². The second kappa shape index (κ2) is 16.7. The molecule has 4 aromatic heterocycles. The van der Waals surface area contributed by atoms with E-state index in [2.05, 4.69) is 226 Å². The van der Waals surface area contributed by atoms with Gasteiger partial charge < -0.3 is 0 Å². The number of fused-ring (bicyclic) bond motifs is 4. The van der Waals surface area contributed by atoms with Crippen molar-refractivity contribution in [3.05, 3.63) is 241 Å². The molecule has 0 saturated carbocycles. The zero-order valence-corrected chi connectivity index (χ0v) is 37.6. The minimum atomic E-state index is 0.571. The average Bonchev–Trinajstić information content (AvgIpc) is 3.87. The SMILES string of the molecule is [Pt]=[c]1n(-c2[c-]c(Oc3[c-]c4c(cc3)c3ccccc3n4-c3cc(-c4ccccc4)c(-c4cccnc4)cn3)ccc2)c2ccccc2n1-c1c(-c2ccccc2)cccc1-c1ccccc1. The summed E-state index contributed by atoms with van der Waals surface area (Å²) >= 11 is 2.47. The van der Waals surface area contributed by atoms with Crippen molar-refractivity contribution in [3.8, 4) is 73.2 Å². The number of hydrogen-bond donors (Lipinski definition) is 0. The molecule has 0 radical (unpaired) electrons. The summed E-state index contributed by atoms with van der Waals surface area (Å²) in [6.45, 7) is 0. The normalized spacial score (nSPS) is 11.4. The molecule has 0 bridgehead atoms. The summed E-state index contributed by atoms with van der Waals surface area (Å²) in [4.78, 5) is 9.53. The van der Waals surface area contributed by atoms with E-state index in [1.165, 1.54) is 0 Å². The molecule has 0 aliphatic carbocycles. The van der Waals surface area contributed by atoms with Crippen LogP contribution in [0.4, 0.5) is 0 Å². The molecule has 316 valence electrons. The summed E-state index contributed by atoms with van der Waals surface area (Å²) in [5.74, 6) is 1.93. The first-order valence-corrected chi connectivity index (χ1v) is 22.9. The first-order valence-electron chi connectivity index (χ1n) is 21.7. The van der Waals surface area contributed by atoms with Gasteiger partial charge in [0.2, 0.25) is 0 Å². The third kappa shape index (κ3) is 6.91. The van der Waals surface area contributed by atoms with Crippen molar-refractivity contribution in [2.75, 3.05) is 0 Å². The van der Waals surface area contributed by atoms with Crippen molar-refractivity contribution in [2.45, 2.75) is 0 Å². The van der Waals surface area contributed by atoms with Gasteiger partial charge in [-0.25, -0.2) is 0 Å². The Morgan fingerprint density at radius 1 is 0.424 bits per heavy atom. The van der Waals surface area contributed by atoms with Crippen LogP contribution in [0.3, 0.4) is 0 Å². The van der Waals surface area contributed by atoms with E-state index in [1.54, 1.807) is 6.20 Å². The molecule has 12 rings (SSSR count). The first kappa shape index (κ1) is 39.4. The van der Waals surface area contributed by atoms with Crippen molar-refractivity contribution in [2.24, 2.45) is 0 Å². The molecule has 0 atom stereocenters. The quantitative estimate of drug-likeness (QED) is 0.135. The van der Waals surface area contributed by atoms with E-state index in [0.29, 0.717) is 11.5 Å². The van der Waals surface area contributed by atoms with E-state index in [9.17, 15) is 0 Å². The van der Waals surface area contributed by atoms with E-state index < -0.39 is 0 Å². The van der Waals surface area contributed by atoms with Crippen LogP contribution in [-0.4, -0.2) is 23.7 Å². The second-order valence-corrected chi connectivity index (χ2v) is 17.0. The van der Waals surface area contributed by atoms with Gasteiger partial charge in [0.05, 0.1) is 0 Å². The monoisotopic (exact) mass is 1030 g/mol. The number of para-hydroxylation sites is 4. The topological polar surface area (TPSA) is 49.8 Å². The molecule has 8 aromatic carbocycles. The van der Waals surface area contributed by atoms with Gasteiger partial charge in [0.1, 0.15) is 0 Å². The van der Waals surface area contributed by atoms with Crippen LogP contribution in [0.15, 0.2) is 225 Å². The molecule has 7 heteroatoms. The predicted octanol–water partition coefficient (Wildman–Crippen LogP) is 14.4. The van der Waals surface area contributed by atoms with E-state index in [4.69, 9.17) is 9.72 Å². The number of imidazole rings is 1. The molecule has 0 aliphatic heterocycles. The van der Waals surface area contributed by atoms with Crippen LogP contribution in [0.5, 0.6) is 11.5 Å². The summed E-state index contributed by atoms with van der Waals surface area (Å²) in [5.41, 5.74) is 14.7. The molecular formula is C59H37N5OPt-2. The molecule has 0 N–H and O–H groups in total. The third-order valence-corrected chi connectivity index (χ3v) is 13.1. The Balaban J connectivity index is 0.978. The number of benzene rings is 8. The zero-order chi connectivity index (χ0) is 44.0. The maximum atomic E-state index is 6.73. The number of nitrogens with zero attached hydrogens (tertiary/aromatic N) is 5. The van der Waals surface area contributed by atoms with Crippen LogP contribution in [0, 0.1) is 15.9 Å². The second-order valence-electron chi connectivity index (χ2n) is 16.0. The Labute approximate surface area is 392 Å². The average molecular weight is 1030 g/mol. The molecule has 66 heavy (non-hydrogen) atoms. The number of ether oxygens (including phenoxy) is 1. The summed E-state index contributed by atoms with van der Waals surface area (Å²) in [6.07, 6.45) is 5.63. The number of rotatable bonds is 9. The molecule has 0 fully saturated rings. The van der Waals surface area contributed by atoms with Crippen LogP contribution in [-0.2, 0) is 19.4 Å². The first-order chi connectivity index (χ1) is 32.7. The number of aromatic nitrogens is 5. The van der Waals surface area contributed by atoms with Gasteiger partial charge in [0.15, 0.2) is 0 Å². The van der Waals surface area contributed by atoms with E-state index >= 15 is 0 Å². The van der Waals surface area contributed by atoms with Crippen molar-refractivity contribution in [1.29, 1.82) is 0 Å². The summed E-state index contributed by atoms with van der Waals surface area (Å²) in [7, 11) is 0. The molecule has 0 aliphatic rings. The Morgan fingerprint density at radius 3 is 1.70 bits per heavy atom. The Morgan fingerprint density at radius 2 is 1.02 bits per heavy atom. The molecule has 0 spiro atoms. The number of pyridine rings is 2. The number of hydrogen-bond acceptors (Lipinski definition) is 3. The summed E-state index contributed by atoms with van der Waals surface area (Å²) in [6, 6.07) is 79.0. The molecule has 6 nitrogen and oxygen atoms in total. The van der Waals surface area contributed by atoms with E-state index in [-0.39, 0.29) is 0 Å². The van der Waals surface area contributed by atoms with Gasteiger partial charge in [-0.05, 0) is 17.2 Å². The molecule has 4 heterocycles. The molecule has 12 aromatic rings. The fourth-order valence-electron chi connectivity index (χ4n) is 9.13. The van der Waals surface area contributed by atoms with Gasteiger partial charge in [0.25, 0.3) is 0 Å². The van der Waals surface area contributed by atoms with Crippen LogP contribution >= 0.6 is 0 Å². The van der Waals surface area contributed by atoms with Crippen LogP contribution in [0.1, 0.15) is 0 Å². The Bertz CT molecular complexity index is 3750. The van der Waals surface area contributed by atoms with E-state index in [1.807, 2.05) is 42.7 Å². The molecular weight excluding hydrogens is 990 g/mol. The Hall–Kier alpha value is -8.18. The van der Waals surface area contributed by atoms with Crippen molar-refractivity contribution in [1.82, 2.24) is 23.7 Å². The standard InChI is InChI=1S/C59H37N5O.Pt/c1-4-17-41(18-5-1)48-27-15-28-49(42-19-6-2-7-20-42)59(48)63-40-62(55-30-12-13-31-56(55)63)45-24-14-25-46(35-45)65-47-32-33-51-50-26-10-11-29-54(50)64(57(51)36-47)58-37-52(43-21-8-3-9-22-43)53(39-61-58)44-23-16-34-60-38-44;/h1-34,37-39H;/q-2;. The van der Waals surface area contributed by atoms with E-state index in [0.717, 1.165) is 98.3 Å². The van der Waals surface area contributed by atoms with Gasteiger partial charge >= 0.3 is 294 Å². The summed E-state index contributed by atoms with van der Waals surface area (Å²) < 4.78 is 14.5. The van der Waals surface area contributed by atoms with Crippen molar-refractivity contribution in [3.63, 3.8) is 0 Å². The molecule has 0 saturated heterocycles. The predicted molar refractivity (Wildman–Crippen MR) is 262 cm³/mol. The van der Waals surface area contributed by atoms with Crippen molar-refractivity contribution < 1.29 is 24.1 Å². The van der Waals surface area contributed by atoms with Crippen LogP contribution in [0.2, 0.25) is 0 Å².